The molecule has 1 amide bonds. The van der Waals surface area contributed by atoms with Gasteiger partial charge in [0.25, 0.3) is 0 Å². The Morgan fingerprint density at radius 3 is 2.36 bits per heavy atom. The maximum atomic E-state index is 11.5. The fourth-order valence-corrected chi connectivity index (χ4v) is 1.88. The van der Waals surface area contributed by atoms with Gasteiger partial charge in [0, 0.05) is 0 Å². The van der Waals surface area contributed by atoms with Crippen LogP contribution < -0.4 is 5.73 Å². The van der Waals surface area contributed by atoms with Gasteiger partial charge in [-0.15, -0.1) is 0 Å². The molecular weight excluding hydrogens is 186 g/mol. The lowest BCUT2D eigenvalue weighted by molar-refractivity contribution is -0.154. The van der Waals surface area contributed by atoms with Crippen molar-refractivity contribution in [1.82, 2.24) is 0 Å². The van der Waals surface area contributed by atoms with Gasteiger partial charge in [0.05, 0.1) is 7.11 Å². The van der Waals surface area contributed by atoms with Gasteiger partial charge in [-0.2, -0.15) is 0 Å². The minimum absolute atomic E-state index is 0.0367. The maximum absolute atomic E-state index is 11.5. The normalized spacial score (nSPS) is 18.9. The van der Waals surface area contributed by atoms with Gasteiger partial charge in [-0.05, 0) is 12.8 Å². The Kier molecular flexibility index (Phi) is 3.33. The maximum Gasteiger partial charge on any atom is 0.404 e. The first-order valence-corrected chi connectivity index (χ1v) is 4.61. The Morgan fingerprint density at radius 1 is 1.36 bits per heavy atom. The fraction of sp³-hybridized carbons (Fsp3) is 0.778. The summed E-state index contributed by atoms with van der Waals surface area (Å²) >= 11 is 0. The van der Waals surface area contributed by atoms with Gasteiger partial charge in [-0.1, -0.05) is 12.8 Å². The number of rotatable bonds is 3. The van der Waals surface area contributed by atoms with E-state index in [1.54, 1.807) is 0 Å². The van der Waals surface area contributed by atoms with Gasteiger partial charge < -0.3 is 15.2 Å². The van der Waals surface area contributed by atoms with E-state index >= 15 is 0 Å². The predicted octanol–water partition coefficient (Wildman–Crippen LogP) is 0.815. The van der Waals surface area contributed by atoms with Crippen molar-refractivity contribution in [1.29, 1.82) is 0 Å². The fourth-order valence-electron chi connectivity index (χ4n) is 1.88. The minimum Gasteiger partial charge on any atom is -0.468 e. The number of methoxy groups -OCH3 is 1. The van der Waals surface area contributed by atoms with E-state index in [0.29, 0.717) is 12.8 Å². The summed E-state index contributed by atoms with van der Waals surface area (Å²) in [4.78, 5) is 22.0. The molecule has 1 rings (SSSR count). The number of ether oxygens (including phenoxy) is 2. The first kappa shape index (κ1) is 10.8. The number of esters is 1. The molecule has 0 bridgehead atoms. The number of hydrogen-bond donors (Lipinski definition) is 1. The lowest BCUT2D eigenvalue weighted by Crippen LogP contribution is -2.36. The molecule has 0 radical (unpaired) electrons. The van der Waals surface area contributed by atoms with E-state index in [4.69, 9.17) is 15.2 Å². The van der Waals surface area contributed by atoms with Crippen molar-refractivity contribution in [3.63, 3.8) is 0 Å². The Morgan fingerprint density at radius 2 is 1.93 bits per heavy atom. The quantitative estimate of drug-likeness (QED) is 0.685. The Bertz CT molecular complexity index is 233. The van der Waals surface area contributed by atoms with Crippen molar-refractivity contribution in [2.24, 2.45) is 11.1 Å². The van der Waals surface area contributed by atoms with Gasteiger partial charge in [0.1, 0.15) is 12.0 Å². The van der Waals surface area contributed by atoms with Gasteiger partial charge in [0.15, 0.2) is 0 Å². The lowest BCUT2D eigenvalue weighted by atomic mass is 9.87. The largest absolute Gasteiger partial charge is 0.468 e. The highest BCUT2D eigenvalue weighted by Gasteiger charge is 2.43. The molecule has 5 nitrogen and oxygen atoms in total. The summed E-state index contributed by atoms with van der Waals surface area (Å²) in [5.74, 6) is -0.309. The van der Waals surface area contributed by atoms with Crippen LogP contribution in [0.2, 0.25) is 0 Å². The summed E-state index contributed by atoms with van der Waals surface area (Å²) in [5.41, 5.74) is 4.21. The van der Waals surface area contributed by atoms with E-state index in [-0.39, 0.29) is 12.6 Å². The molecule has 5 heteroatoms. The van der Waals surface area contributed by atoms with Crippen molar-refractivity contribution in [2.75, 3.05) is 13.7 Å². The molecule has 1 aliphatic rings. The first-order chi connectivity index (χ1) is 6.60. The van der Waals surface area contributed by atoms with E-state index in [0.717, 1.165) is 12.8 Å². The summed E-state index contributed by atoms with van der Waals surface area (Å²) in [5, 5.41) is 0. The first-order valence-electron chi connectivity index (χ1n) is 4.61. The van der Waals surface area contributed by atoms with Crippen molar-refractivity contribution >= 4 is 12.1 Å². The Labute approximate surface area is 82.5 Å². The van der Waals surface area contributed by atoms with Crippen molar-refractivity contribution in [3.05, 3.63) is 0 Å². The zero-order valence-corrected chi connectivity index (χ0v) is 8.25. The van der Waals surface area contributed by atoms with Crippen molar-refractivity contribution in [3.8, 4) is 0 Å². The van der Waals surface area contributed by atoms with Gasteiger partial charge >= 0.3 is 12.1 Å². The lowest BCUT2D eigenvalue weighted by Gasteiger charge is -2.24. The van der Waals surface area contributed by atoms with Gasteiger partial charge in [-0.3, -0.25) is 4.79 Å². The van der Waals surface area contributed by atoms with Crippen LogP contribution in [-0.4, -0.2) is 25.8 Å². The van der Waals surface area contributed by atoms with Crippen LogP contribution in [0.1, 0.15) is 25.7 Å². The number of amides is 1. The van der Waals surface area contributed by atoms with Gasteiger partial charge in [-0.25, -0.2) is 4.79 Å². The molecule has 2 N–H and O–H groups in total. The summed E-state index contributed by atoms with van der Waals surface area (Å²) in [6.07, 6.45) is 2.47. The van der Waals surface area contributed by atoms with E-state index in [1.165, 1.54) is 7.11 Å². The third kappa shape index (κ3) is 2.16. The van der Waals surface area contributed by atoms with E-state index in [9.17, 15) is 9.59 Å². The molecule has 0 aromatic heterocycles. The molecule has 0 atom stereocenters. The summed E-state index contributed by atoms with van der Waals surface area (Å²) in [7, 11) is 1.34. The molecule has 1 saturated carbocycles. The summed E-state index contributed by atoms with van der Waals surface area (Å²) in [6.45, 7) is 0.0367. The molecule has 1 fully saturated rings. The molecule has 0 heterocycles. The number of primary amides is 1. The predicted molar refractivity (Wildman–Crippen MR) is 48.5 cm³/mol. The molecule has 80 valence electrons. The monoisotopic (exact) mass is 201 g/mol. The zero-order valence-electron chi connectivity index (χ0n) is 8.25. The highest BCUT2D eigenvalue weighted by molar-refractivity contribution is 5.77. The average molecular weight is 201 g/mol. The van der Waals surface area contributed by atoms with Crippen LogP contribution in [-0.2, 0) is 14.3 Å². The Hall–Kier alpha value is -1.26. The van der Waals surface area contributed by atoms with Crippen molar-refractivity contribution < 1.29 is 19.1 Å². The van der Waals surface area contributed by atoms with Gasteiger partial charge in [0.2, 0.25) is 0 Å². The zero-order chi connectivity index (χ0) is 10.6. The molecule has 0 aromatic carbocycles. The molecular formula is C9H15NO4. The highest BCUT2D eigenvalue weighted by Crippen LogP contribution is 2.39. The average Bonchev–Trinajstić information content (AvgIpc) is 2.63. The number of carbonyl (C=O) groups is 2. The third-order valence-electron chi connectivity index (χ3n) is 2.67. The summed E-state index contributed by atoms with van der Waals surface area (Å²) in [6, 6.07) is 0. The van der Waals surface area contributed by atoms with E-state index in [1.807, 2.05) is 0 Å². The Balaban J connectivity index is 2.62. The minimum atomic E-state index is -0.847. The second kappa shape index (κ2) is 4.30. The van der Waals surface area contributed by atoms with Crippen LogP contribution >= 0.6 is 0 Å². The molecule has 0 spiro atoms. The molecule has 0 unspecified atom stereocenters. The smallest absolute Gasteiger partial charge is 0.404 e. The third-order valence-corrected chi connectivity index (χ3v) is 2.67. The SMILES string of the molecule is COC(=O)C1(COC(N)=O)CCCC1. The standard InChI is InChI=1S/C9H15NO4/c1-13-7(11)9(4-2-3-5-9)6-14-8(10)12/h2-6H2,1H3,(H2,10,12). The van der Waals surface area contributed by atoms with Crippen LogP contribution in [0.5, 0.6) is 0 Å². The van der Waals surface area contributed by atoms with Crippen LogP contribution in [0.4, 0.5) is 4.79 Å². The highest BCUT2D eigenvalue weighted by atomic mass is 16.6. The van der Waals surface area contributed by atoms with Crippen LogP contribution in [0.15, 0.2) is 0 Å². The van der Waals surface area contributed by atoms with Crippen LogP contribution in [0.25, 0.3) is 0 Å². The molecule has 0 aliphatic heterocycles. The topological polar surface area (TPSA) is 78.6 Å². The van der Waals surface area contributed by atoms with Crippen molar-refractivity contribution in [2.45, 2.75) is 25.7 Å². The summed E-state index contributed by atoms with van der Waals surface area (Å²) < 4.78 is 9.39. The van der Waals surface area contributed by atoms with E-state index in [2.05, 4.69) is 0 Å². The molecule has 0 aromatic rings. The second-order valence-electron chi connectivity index (χ2n) is 3.59. The molecule has 0 saturated heterocycles. The molecule has 14 heavy (non-hydrogen) atoms. The van der Waals surface area contributed by atoms with Crippen LogP contribution in [0, 0.1) is 5.41 Å². The van der Waals surface area contributed by atoms with Crippen LogP contribution in [0.3, 0.4) is 0 Å². The number of nitrogens with two attached hydrogens (primary N) is 1. The number of carbonyl (C=O) groups excluding carboxylic acids is 2. The second-order valence-corrected chi connectivity index (χ2v) is 3.59. The van der Waals surface area contributed by atoms with E-state index < -0.39 is 11.5 Å². The number of hydrogen-bond acceptors (Lipinski definition) is 4. The molecule has 1 aliphatic carbocycles.